The van der Waals surface area contributed by atoms with Crippen molar-refractivity contribution in [3.63, 3.8) is 0 Å². The number of nitrogens with one attached hydrogen (secondary N) is 1. The van der Waals surface area contributed by atoms with Gasteiger partial charge in [-0.1, -0.05) is 13.8 Å². The van der Waals surface area contributed by atoms with E-state index in [1.165, 1.54) is 16.8 Å². The third-order valence-electron chi connectivity index (χ3n) is 3.78. The van der Waals surface area contributed by atoms with Crippen LogP contribution >= 0.6 is 0 Å². The number of hydrogen-bond acceptors (Lipinski definition) is 4. The van der Waals surface area contributed by atoms with Crippen LogP contribution in [0.4, 0.5) is 4.39 Å². The molecule has 0 spiro atoms. The van der Waals surface area contributed by atoms with Gasteiger partial charge >= 0.3 is 5.97 Å². The molecule has 0 fully saturated rings. The Kier molecular flexibility index (Phi) is 4.16. The predicted octanol–water partition coefficient (Wildman–Crippen LogP) is 2.35. The molecule has 0 radical (unpaired) electrons. The Morgan fingerprint density at radius 3 is 2.58 bits per heavy atom. The summed E-state index contributed by atoms with van der Waals surface area (Å²) in [5.41, 5.74) is 1.15. The maximum Gasteiger partial charge on any atom is 0.335 e. The number of aliphatic imine (C=N–C) groups is 1. The molecular formula is C17H17FN4O2. The lowest BCUT2D eigenvalue weighted by Gasteiger charge is -2.28. The van der Waals surface area contributed by atoms with E-state index in [0.29, 0.717) is 17.2 Å². The van der Waals surface area contributed by atoms with Crippen molar-refractivity contribution in [1.82, 2.24) is 15.1 Å². The van der Waals surface area contributed by atoms with Gasteiger partial charge in [0.25, 0.3) is 0 Å². The Balaban J connectivity index is 2.14. The highest BCUT2D eigenvalue weighted by atomic mass is 19.1. The summed E-state index contributed by atoms with van der Waals surface area (Å²) in [6, 6.07) is 6.90. The van der Waals surface area contributed by atoms with Gasteiger partial charge in [-0.15, -0.1) is 0 Å². The highest BCUT2D eigenvalue weighted by Gasteiger charge is 2.32. The maximum atomic E-state index is 13.2. The molecule has 1 atom stereocenters. The second kappa shape index (κ2) is 6.27. The van der Waals surface area contributed by atoms with Crippen LogP contribution in [0.5, 0.6) is 0 Å². The van der Waals surface area contributed by atoms with Crippen LogP contribution in [0, 0.1) is 11.7 Å². The third kappa shape index (κ3) is 2.92. The zero-order valence-corrected chi connectivity index (χ0v) is 13.3. The van der Waals surface area contributed by atoms with Gasteiger partial charge in [-0.25, -0.2) is 18.9 Å². The summed E-state index contributed by atoms with van der Waals surface area (Å²) in [4.78, 5) is 16.4. The van der Waals surface area contributed by atoms with E-state index >= 15 is 0 Å². The monoisotopic (exact) mass is 328 g/mol. The number of benzene rings is 1. The summed E-state index contributed by atoms with van der Waals surface area (Å²) >= 11 is 0. The lowest BCUT2D eigenvalue weighted by Crippen LogP contribution is -2.40. The SMILES string of the molecule is CC(C)C1N=C(n2cccn2)NC(c2ccc(F)cc2)=C1C(=O)O. The van der Waals surface area contributed by atoms with Crippen LogP contribution in [0.1, 0.15) is 19.4 Å². The number of aromatic nitrogens is 2. The molecule has 24 heavy (non-hydrogen) atoms. The number of carbonyl (C=O) groups is 1. The molecular weight excluding hydrogens is 311 g/mol. The molecule has 1 aliphatic heterocycles. The van der Waals surface area contributed by atoms with Gasteiger partial charge in [0.05, 0.1) is 17.3 Å². The second-order valence-electron chi connectivity index (χ2n) is 5.82. The van der Waals surface area contributed by atoms with Crippen LogP contribution in [-0.4, -0.2) is 32.9 Å². The van der Waals surface area contributed by atoms with Crippen LogP contribution < -0.4 is 5.32 Å². The van der Waals surface area contributed by atoms with Crippen molar-refractivity contribution in [3.05, 3.63) is 59.7 Å². The average molecular weight is 328 g/mol. The summed E-state index contributed by atoms with van der Waals surface area (Å²) in [7, 11) is 0. The average Bonchev–Trinajstić information content (AvgIpc) is 3.08. The molecule has 7 heteroatoms. The minimum Gasteiger partial charge on any atom is -0.478 e. The highest BCUT2D eigenvalue weighted by molar-refractivity contribution is 6.04. The number of hydrogen-bond donors (Lipinski definition) is 2. The first-order valence-corrected chi connectivity index (χ1v) is 7.55. The van der Waals surface area contributed by atoms with Crippen LogP contribution in [0.3, 0.4) is 0 Å². The van der Waals surface area contributed by atoms with Gasteiger partial charge in [0.2, 0.25) is 5.96 Å². The number of rotatable bonds is 3. The first-order chi connectivity index (χ1) is 11.5. The molecule has 6 nitrogen and oxygen atoms in total. The van der Waals surface area contributed by atoms with Gasteiger partial charge in [-0.05, 0) is 41.8 Å². The van der Waals surface area contributed by atoms with Gasteiger partial charge in [0.15, 0.2) is 0 Å². The van der Waals surface area contributed by atoms with E-state index in [1.807, 2.05) is 13.8 Å². The minimum atomic E-state index is -1.05. The van der Waals surface area contributed by atoms with E-state index in [4.69, 9.17) is 0 Å². The number of carboxylic acids is 1. The molecule has 2 heterocycles. The molecule has 2 aromatic rings. The fourth-order valence-electron chi connectivity index (χ4n) is 2.63. The van der Waals surface area contributed by atoms with E-state index < -0.39 is 12.0 Å². The number of aliphatic carboxylic acids is 1. The molecule has 1 aliphatic rings. The summed E-state index contributed by atoms with van der Waals surface area (Å²) in [5, 5.41) is 16.9. The van der Waals surface area contributed by atoms with Crippen molar-refractivity contribution >= 4 is 17.6 Å². The lowest BCUT2D eigenvalue weighted by atomic mass is 9.91. The zero-order valence-electron chi connectivity index (χ0n) is 13.3. The van der Waals surface area contributed by atoms with E-state index in [2.05, 4.69) is 15.4 Å². The van der Waals surface area contributed by atoms with E-state index in [9.17, 15) is 14.3 Å². The molecule has 3 rings (SSSR count). The smallest absolute Gasteiger partial charge is 0.335 e. The van der Waals surface area contributed by atoms with Crippen molar-refractivity contribution in [3.8, 4) is 0 Å². The first-order valence-electron chi connectivity index (χ1n) is 7.55. The third-order valence-corrected chi connectivity index (χ3v) is 3.78. The van der Waals surface area contributed by atoms with Crippen molar-refractivity contribution < 1.29 is 14.3 Å². The van der Waals surface area contributed by atoms with Gasteiger partial charge < -0.3 is 10.4 Å². The Hall–Kier alpha value is -2.96. The molecule has 1 aromatic carbocycles. The standard InChI is InChI=1S/C17H17FN4O2/c1-10(2)14-13(16(23)24)15(11-4-6-12(18)7-5-11)21-17(20-14)22-9-3-8-19-22/h3-10,14H,1-2H3,(H,20,21)(H,23,24). The molecule has 0 amide bonds. The summed E-state index contributed by atoms with van der Waals surface area (Å²) < 4.78 is 14.8. The first kappa shape index (κ1) is 15.9. The summed E-state index contributed by atoms with van der Waals surface area (Å²) in [6.07, 6.45) is 3.33. The molecule has 0 saturated heterocycles. The Morgan fingerprint density at radius 2 is 2.04 bits per heavy atom. The Bertz CT molecular complexity index is 808. The molecule has 0 saturated carbocycles. The molecule has 1 aromatic heterocycles. The summed E-state index contributed by atoms with van der Waals surface area (Å²) in [6.45, 7) is 3.82. The minimum absolute atomic E-state index is 0.0285. The fraction of sp³-hybridized carbons (Fsp3) is 0.235. The van der Waals surface area contributed by atoms with Gasteiger partial charge in [-0.3, -0.25) is 0 Å². The van der Waals surface area contributed by atoms with Crippen molar-refractivity contribution in [1.29, 1.82) is 0 Å². The van der Waals surface area contributed by atoms with Gasteiger partial charge in [0, 0.05) is 12.4 Å². The molecule has 0 bridgehead atoms. The quantitative estimate of drug-likeness (QED) is 0.906. The van der Waals surface area contributed by atoms with Crippen molar-refractivity contribution in [2.75, 3.05) is 0 Å². The van der Waals surface area contributed by atoms with Crippen molar-refractivity contribution in [2.24, 2.45) is 10.9 Å². The predicted molar refractivity (Wildman–Crippen MR) is 87.8 cm³/mol. The zero-order chi connectivity index (χ0) is 17.3. The van der Waals surface area contributed by atoms with Gasteiger partial charge in [-0.2, -0.15) is 5.10 Å². The second-order valence-corrected chi connectivity index (χ2v) is 5.82. The van der Waals surface area contributed by atoms with E-state index in [-0.39, 0.29) is 17.3 Å². The van der Waals surface area contributed by atoms with E-state index in [0.717, 1.165) is 0 Å². The number of nitrogens with zero attached hydrogens (tertiary/aromatic N) is 3. The maximum absolute atomic E-state index is 13.2. The van der Waals surface area contributed by atoms with Crippen LogP contribution in [-0.2, 0) is 4.79 Å². The molecule has 0 aliphatic carbocycles. The topological polar surface area (TPSA) is 79.5 Å². The molecule has 1 unspecified atom stereocenters. The highest BCUT2D eigenvalue weighted by Crippen LogP contribution is 2.28. The van der Waals surface area contributed by atoms with Gasteiger partial charge in [0.1, 0.15) is 5.82 Å². The molecule has 124 valence electrons. The Morgan fingerprint density at radius 1 is 1.33 bits per heavy atom. The largest absolute Gasteiger partial charge is 0.478 e. The molecule has 2 N–H and O–H groups in total. The normalized spacial score (nSPS) is 17.7. The van der Waals surface area contributed by atoms with Crippen molar-refractivity contribution in [2.45, 2.75) is 19.9 Å². The van der Waals surface area contributed by atoms with Crippen LogP contribution in [0.25, 0.3) is 5.70 Å². The summed E-state index contributed by atoms with van der Waals surface area (Å²) in [5.74, 6) is -1.03. The Labute approximate surface area is 138 Å². The van der Waals surface area contributed by atoms with Crippen LogP contribution in [0.2, 0.25) is 0 Å². The van der Waals surface area contributed by atoms with Crippen LogP contribution in [0.15, 0.2) is 53.3 Å². The number of carboxylic acid groups (broad SMARTS) is 1. The number of halogens is 1. The van der Waals surface area contributed by atoms with E-state index in [1.54, 1.807) is 30.6 Å². The fourth-order valence-corrected chi connectivity index (χ4v) is 2.63. The lowest BCUT2D eigenvalue weighted by molar-refractivity contribution is -0.133.